The Balaban J connectivity index is 2.14. The van der Waals surface area contributed by atoms with Gasteiger partial charge in [0.1, 0.15) is 28.8 Å². The van der Waals surface area contributed by atoms with E-state index in [0.717, 1.165) is 10.6 Å². The van der Waals surface area contributed by atoms with Crippen LogP contribution < -0.4 is 19.7 Å². The number of ether oxygens (including phenoxy) is 1. The lowest BCUT2D eigenvalue weighted by molar-refractivity contribution is 0.413. The number of halogens is 1. The summed E-state index contributed by atoms with van der Waals surface area (Å²) in [6, 6.07) is 6.27. The standard InChI is InChI=1S/C26H30FN7O3S/c1-8-16-13-21(22(37-6)14-18(16)27)32-26-30-15-17(9-2)25(33-26)31-20-12-11-19(28-4)23(29-10-3)24(20)34(5)38(7,35)36/h9-15H,2,4,8H2,1,3,5-7H3,(H2,30,31,32,33). The summed E-state index contributed by atoms with van der Waals surface area (Å²) in [7, 11) is -0.807. The number of rotatable bonds is 11. The number of nitrogens with one attached hydrogen (secondary N) is 2. The summed E-state index contributed by atoms with van der Waals surface area (Å²) in [5.41, 5.74) is 2.91. The number of nitrogens with zero attached hydrogens (tertiary/aromatic N) is 5. The second-order valence-corrected chi connectivity index (χ2v) is 10.1. The Kier molecular flexibility index (Phi) is 8.79. The first-order chi connectivity index (χ1) is 18.1. The average Bonchev–Trinajstić information content (AvgIpc) is 2.89. The Morgan fingerprint density at radius 3 is 2.55 bits per heavy atom. The normalized spacial score (nSPS) is 11.3. The van der Waals surface area contributed by atoms with Crippen LogP contribution in [0.15, 0.2) is 47.0 Å². The smallest absolute Gasteiger partial charge is 0.232 e. The highest BCUT2D eigenvalue weighted by molar-refractivity contribution is 7.92. The molecule has 1 aromatic heterocycles. The van der Waals surface area contributed by atoms with Crippen molar-refractivity contribution in [2.45, 2.75) is 20.3 Å². The number of benzene rings is 2. The van der Waals surface area contributed by atoms with E-state index >= 15 is 0 Å². The minimum atomic E-state index is -3.67. The number of anilines is 5. The third-order valence-corrected chi connectivity index (χ3v) is 6.83. The van der Waals surface area contributed by atoms with E-state index < -0.39 is 10.0 Å². The summed E-state index contributed by atoms with van der Waals surface area (Å²) in [4.78, 5) is 17.3. The first-order valence-corrected chi connectivity index (χ1v) is 13.4. The molecule has 0 atom stereocenters. The summed E-state index contributed by atoms with van der Waals surface area (Å²) in [6.07, 6.45) is 6.22. The van der Waals surface area contributed by atoms with E-state index in [2.05, 4.69) is 43.9 Å². The number of aliphatic imine (C=N–C) groups is 2. The number of sulfonamides is 1. The van der Waals surface area contributed by atoms with Gasteiger partial charge in [-0.15, -0.1) is 0 Å². The quantitative estimate of drug-likeness (QED) is 0.297. The second-order valence-electron chi connectivity index (χ2n) is 8.05. The molecule has 0 spiro atoms. The van der Waals surface area contributed by atoms with Gasteiger partial charge in [-0.2, -0.15) is 4.98 Å². The minimum absolute atomic E-state index is 0.194. The molecule has 0 saturated carbocycles. The van der Waals surface area contributed by atoms with Crippen molar-refractivity contribution in [3.63, 3.8) is 0 Å². The minimum Gasteiger partial charge on any atom is -0.494 e. The van der Waals surface area contributed by atoms with E-state index in [-0.39, 0.29) is 23.2 Å². The molecule has 2 aromatic carbocycles. The molecule has 3 rings (SSSR count). The first kappa shape index (κ1) is 28.3. The molecule has 0 aliphatic heterocycles. The van der Waals surface area contributed by atoms with Crippen LogP contribution in [-0.4, -0.2) is 51.7 Å². The predicted molar refractivity (Wildman–Crippen MR) is 154 cm³/mol. The molecule has 0 bridgehead atoms. The average molecular weight is 540 g/mol. The maximum atomic E-state index is 14.3. The van der Waals surface area contributed by atoms with Crippen LogP contribution in [0.5, 0.6) is 5.75 Å². The molecular weight excluding hydrogens is 509 g/mol. The van der Waals surface area contributed by atoms with E-state index in [4.69, 9.17) is 4.74 Å². The maximum absolute atomic E-state index is 14.3. The lowest BCUT2D eigenvalue weighted by Gasteiger charge is -2.24. The van der Waals surface area contributed by atoms with E-state index in [1.54, 1.807) is 37.4 Å². The molecule has 0 fully saturated rings. The molecule has 0 aliphatic rings. The summed E-state index contributed by atoms with van der Waals surface area (Å²) in [5.74, 6) is 0.449. The fraction of sp³-hybridized carbons (Fsp3) is 0.231. The van der Waals surface area contributed by atoms with Gasteiger partial charge in [0.05, 0.1) is 30.4 Å². The zero-order valence-corrected chi connectivity index (χ0v) is 22.7. The third kappa shape index (κ3) is 5.97. The van der Waals surface area contributed by atoms with Crippen molar-refractivity contribution in [3.05, 3.63) is 54.0 Å². The molecule has 0 saturated heterocycles. The second kappa shape index (κ2) is 11.8. The summed E-state index contributed by atoms with van der Waals surface area (Å²) in [5, 5.41) is 6.26. The van der Waals surface area contributed by atoms with Crippen molar-refractivity contribution >= 4 is 69.2 Å². The van der Waals surface area contributed by atoms with Gasteiger partial charge < -0.3 is 15.4 Å². The molecule has 38 heavy (non-hydrogen) atoms. The van der Waals surface area contributed by atoms with Gasteiger partial charge in [0.15, 0.2) is 0 Å². The van der Waals surface area contributed by atoms with Crippen LogP contribution >= 0.6 is 0 Å². The van der Waals surface area contributed by atoms with Gasteiger partial charge in [-0.3, -0.25) is 14.3 Å². The van der Waals surface area contributed by atoms with Crippen molar-refractivity contribution in [2.24, 2.45) is 9.98 Å². The fourth-order valence-corrected chi connectivity index (χ4v) is 4.14. The van der Waals surface area contributed by atoms with Gasteiger partial charge in [0, 0.05) is 31.1 Å². The summed E-state index contributed by atoms with van der Waals surface area (Å²) in [6.45, 7) is 11.0. The summed E-state index contributed by atoms with van der Waals surface area (Å²) >= 11 is 0. The van der Waals surface area contributed by atoms with E-state index in [9.17, 15) is 12.8 Å². The van der Waals surface area contributed by atoms with Crippen LogP contribution in [0, 0.1) is 5.82 Å². The Labute approximate surface area is 222 Å². The topological polar surface area (TPSA) is 121 Å². The van der Waals surface area contributed by atoms with E-state index in [0.29, 0.717) is 46.1 Å². The molecular formula is C26H30FN7O3S. The van der Waals surface area contributed by atoms with Crippen LogP contribution in [0.1, 0.15) is 25.0 Å². The highest BCUT2D eigenvalue weighted by Gasteiger charge is 2.23. The lowest BCUT2D eigenvalue weighted by atomic mass is 10.1. The molecule has 0 amide bonds. The molecule has 0 aliphatic carbocycles. The van der Waals surface area contributed by atoms with Gasteiger partial charge in [-0.05, 0) is 43.8 Å². The van der Waals surface area contributed by atoms with Crippen LogP contribution in [0.2, 0.25) is 0 Å². The molecule has 2 N–H and O–H groups in total. The number of methoxy groups -OCH3 is 1. The molecule has 0 unspecified atom stereocenters. The van der Waals surface area contributed by atoms with Crippen LogP contribution in [0.3, 0.4) is 0 Å². The van der Waals surface area contributed by atoms with Gasteiger partial charge in [0.25, 0.3) is 0 Å². The highest BCUT2D eigenvalue weighted by atomic mass is 32.2. The van der Waals surface area contributed by atoms with Gasteiger partial charge >= 0.3 is 0 Å². The number of aryl methyl sites for hydroxylation is 1. The maximum Gasteiger partial charge on any atom is 0.232 e. The Hall–Kier alpha value is -4.32. The third-order valence-electron chi connectivity index (χ3n) is 5.66. The van der Waals surface area contributed by atoms with Gasteiger partial charge in [0.2, 0.25) is 16.0 Å². The Morgan fingerprint density at radius 2 is 1.97 bits per heavy atom. The molecule has 1 heterocycles. The molecule has 12 heteroatoms. The summed E-state index contributed by atoms with van der Waals surface area (Å²) < 4.78 is 45.7. The van der Waals surface area contributed by atoms with Gasteiger partial charge in [-0.1, -0.05) is 19.6 Å². The van der Waals surface area contributed by atoms with Crippen molar-refractivity contribution in [1.29, 1.82) is 0 Å². The van der Waals surface area contributed by atoms with Crippen LogP contribution in [0.4, 0.5) is 44.6 Å². The lowest BCUT2D eigenvalue weighted by Crippen LogP contribution is -2.25. The zero-order valence-electron chi connectivity index (χ0n) is 21.9. The van der Waals surface area contributed by atoms with Crippen molar-refractivity contribution in [2.75, 3.05) is 35.4 Å². The number of hydrogen-bond acceptors (Lipinski definition) is 9. The SMILES string of the molecule is C=Cc1cnc(Nc2cc(CC)c(F)cc2OC)nc1Nc1ccc(N=C)c(N=CC)c1N(C)S(C)(=O)=O. The molecule has 200 valence electrons. The Bertz CT molecular complexity index is 1510. The highest BCUT2D eigenvalue weighted by Crippen LogP contribution is 2.45. The van der Waals surface area contributed by atoms with Crippen molar-refractivity contribution < 1.29 is 17.5 Å². The first-order valence-electron chi connectivity index (χ1n) is 11.5. The molecule has 10 nitrogen and oxygen atoms in total. The largest absolute Gasteiger partial charge is 0.494 e. The number of hydrogen-bond donors (Lipinski definition) is 2. The van der Waals surface area contributed by atoms with E-state index in [1.807, 2.05) is 6.92 Å². The fourth-order valence-electron chi connectivity index (χ4n) is 3.62. The Morgan fingerprint density at radius 1 is 1.24 bits per heavy atom. The van der Waals surface area contributed by atoms with E-state index in [1.165, 1.54) is 26.4 Å². The molecule has 3 aromatic rings. The monoisotopic (exact) mass is 539 g/mol. The number of aromatic nitrogens is 2. The van der Waals surface area contributed by atoms with Crippen LogP contribution in [0.25, 0.3) is 6.08 Å². The zero-order chi connectivity index (χ0) is 28.0. The van der Waals surface area contributed by atoms with Crippen LogP contribution in [-0.2, 0) is 16.4 Å². The van der Waals surface area contributed by atoms with Crippen molar-refractivity contribution in [3.8, 4) is 5.75 Å². The van der Waals surface area contributed by atoms with Crippen molar-refractivity contribution in [1.82, 2.24) is 9.97 Å². The molecule has 0 radical (unpaired) electrons. The predicted octanol–water partition coefficient (Wildman–Crippen LogP) is 5.77. The van der Waals surface area contributed by atoms with Gasteiger partial charge in [-0.25, -0.2) is 17.8 Å².